The Hall–Kier alpha value is -1.22. The highest BCUT2D eigenvalue weighted by atomic mass is 16.5. The summed E-state index contributed by atoms with van der Waals surface area (Å²) in [4.78, 5) is 0. The Labute approximate surface area is 103 Å². The molecule has 0 bridgehead atoms. The lowest BCUT2D eigenvalue weighted by Gasteiger charge is -2.15. The van der Waals surface area contributed by atoms with Gasteiger partial charge in [0.2, 0.25) is 0 Å². The summed E-state index contributed by atoms with van der Waals surface area (Å²) >= 11 is 0. The molecule has 0 spiro atoms. The van der Waals surface area contributed by atoms with Crippen LogP contribution >= 0.6 is 0 Å². The SMILES string of the molecule is COc1ccc(C)cc1NCC1CCC(C)O1. The first kappa shape index (κ1) is 12.2. The molecule has 1 heterocycles. The van der Waals surface area contributed by atoms with Gasteiger partial charge in [-0.05, 0) is 44.4 Å². The lowest BCUT2D eigenvalue weighted by molar-refractivity contribution is 0.0637. The quantitative estimate of drug-likeness (QED) is 0.870. The predicted octanol–water partition coefficient (Wildman–Crippen LogP) is 2.98. The average molecular weight is 235 g/mol. The number of anilines is 1. The second-order valence-corrected chi connectivity index (χ2v) is 4.73. The number of hydrogen-bond donors (Lipinski definition) is 1. The minimum absolute atomic E-state index is 0.329. The van der Waals surface area contributed by atoms with E-state index in [0.717, 1.165) is 30.8 Å². The lowest BCUT2D eigenvalue weighted by Crippen LogP contribution is -2.20. The van der Waals surface area contributed by atoms with Crippen LogP contribution in [0.25, 0.3) is 0 Å². The third kappa shape index (κ3) is 3.13. The van der Waals surface area contributed by atoms with Crippen molar-refractivity contribution in [2.24, 2.45) is 0 Å². The highest BCUT2D eigenvalue weighted by Crippen LogP contribution is 2.26. The first-order chi connectivity index (χ1) is 8.19. The molecule has 1 aromatic carbocycles. The Balaban J connectivity index is 1.96. The molecule has 0 radical (unpaired) electrons. The van der Waals surface area contributed by atoms with Crippen molar-refractivity contribution in [2.75, 3.05) is 19.0 Å². The molecule has 0 aromatic heterocycles. The number of hydrogen-bond acceptors (Lipinski definition) is 3. The van der Waals surface area contributed by atoms with Crippen LogP contribution in [0, 0.1) is 6.92 Å². The number of aryl methyl sites for hydroxylation is 1. The smallest absolute Gasteiger partial charge is 0.141 e. The largest absolute Gasteiger partial charge is 0.495 e. The molecule has 1 fully saturated rings. The van der Waals surface area contributed by atoms with Crippen molar-refractivity contribution >= 4 is 5.69 Å². The topological polar surface area (TPSA) is 30.5 Å². The van der Waals surface area contributed by atoms with Gasteiger partial charge in [-0.15, -0.1) is 0 Å². The number of methoxy groups -OCH3 is 1. The summed E-state index contributed by atoms with van der Waals surface area (Å²) in [7, 11) is 1.70. The molecule has 1 N–H and O–H groups in total. The third-order valence-corrected chi connectivity index (χ3v) is 3.20. The zero-order valence-electron chi connectivity index (χ0n) is 10.8. The molecule has 94 valence electrons. The molecular weight excluding hydrogens is 214 g/mol. The normalized spacial score (nSPS) is 23.7. The lowest BCUT2D eigenvalue weighted by atomic mass is 10.2. The molecule has 1 aliphatic rings. The van der Waals surface area contributed by atoms with Crippen molar-refractivity contribution < 1.29 is 9.47 Å². The molecule has 0 amide bonds. The Morgan fingerprint density at radius 1 is 1.41 bits per heavy atom. The minimum Gasteiger partial charge on any atom is -0.495 e. The van der Waals surface area contributed by atoms with Crippen LogP contribution in [-0.2, 0) is 4.74 Å². The van der Waals surface area contributed by atoms with Gasteiger partial charge in [-0.25, -0.2) is 0 Å². The van der Waals surface area contributed by atoms with E-state index in [1.807, 2.05) is 6.07 Å². The molecule has 3 heteroatoms. The number of nitrogens with one attached hydrogen (secondary N) is 1. The van der Waals surface area contributed by atoms with E-state index in [2.05, 4.69) is 31.3 Å². The van der Waals surface area contributed by atoms with E-state index in [-0.39, 0.29) is 0 Å². The summed E-state index contributed by atoms with van der Waals surface area (Å²) in [6.45, 7) is 5.07. The van der Waals surface area contributed by atoms with Gasteiger partial charge >= 0.3 is 0 Å². The molecule has 3 nitrogen and oxygen atoms in total. The van der Waals surface area contributed by atoms with Crippen LogP contribution in [0.1, 0.15) is 25.3 Å². The number of benzene rings is 1. The monoisotopic (exact) mass is 235 g/mol. The fourth-order valence-corrected chi connectivity index (χ4v) is 2.22. The van der Waals surface area contributed by atoms with E-state index in [0.29, 0.717) is 12.2 Å². The highest BCUT2D eigenvalue weighted by Gasteiger charge is 2.21. The van der Waals surface area contributed by atoms with Crippen molar-refractivity contribution in [3.8, 4) is 5.75 Å². The first-order valence-electron chi connectivity index (χ1n) is 6.23. The van der Waals surface area contributed by atoms with Crippen LogP contribution < -0.4 is 10.1 Å². The molecule has 1 aliphatic heterocycles. The van der Waals surface area contributed by atoms with E-state index < -0.39 is 0 Å². The van der Waals surface area contributed by atoms with E-state index in [1.54, 1.807) is 7.11 Å². The Kier molecular flexibility index (Phi) is 3.89. The van der Waals surface area contributed by atoms with Gasteiger partial charge in [0.25, 0.3) is 0 Å². The third-order valence-electron chi connectivity index (χ3n) is 3.20. The Bertz CT molecular complexity index is 378. The number of ether oxygens (including phenoxy) is 2. The van der Waals surface area contributed by atoms with Crippen LogP contribution in [0.2, 0.25) is 0 Å². The van der Waals surface area contributed by atoms with Gasteiger partial charge in [-0.1, -0.05) is 6.07 Å². The van der Waals surface area contributed by atoms with Crippen LogP contribution in [0.5, 0.6) is 5.75 Å². The van der Waals surface area contributed by atoms with Gasteiger partial charge in [0.05, 0.1) is 25.0 Å². The zero-order chi connectivity index (χ0) is 12.3. The van der Waals surface area contributed by atoms with Gasteiger partial charge in [-0.3, -0.25) is 0 Å². The van der Waals surface area contributed by atoms with Crippen molar-refractivity contribution in [3.63, 3.8) is 0 Å². The first-order valence-corrected chi connectivity index (χ1v) is 6.23. The molecule has 2 unspecified atom stereocenters. The van der Waals surface area contributed by atoms with E-state index in [4.69, 9.17) is 9.47 Å². The van der Waals surface area contributed by atoms with Crippen LogP contribution in [0.15, 0.2) is 18.2 Å². The summed E-state index contributed by atoms with van der Waals surface area (Å²) in [5.74, 6) is 0.890. The summed E-state index contributed by atoms with van der Waals surface area (Å²) in [6.07, 6.45) is 3.04. The second kappa shape index (κ2) is 5.41. The minimum atomic E-state index is 0.329. The van der Waals surface area contributed by atoms with Crippen molar-refractivity contribution in [3.05, 3.63) is 23.8 Å². The summed E-state index contributed by atoms with van der Waals surface area (Å²) in [5.41, 5.74) is 2.28. The molecule has 17 heavy (non-hydrogen) atoms. The average Bonchev–Trinajstić information content (AvgIpc) is 2.73. The van der Waals surface area contributed by atoms with Crippen LogP contribution in [0.4, 0.5) is 5.69 Å². The van der Waals surface area contributed by atoms with Gasteiger partial charge in [0, 0.05) is 6.54 Å². The molecular formula is C14H21NO2. The molecule has 1 saturated heterocycles. The van der Waals surface area contributed by atoms with Gasteiger partial charge < -0.3 is 14.8 Å². The molecule has 0 aliphatic carbocycles. The Morgan fingerprint density at radius 3 is 2.88 bits per heavy atom. The fourth-order valence-electron chi connectivity index (χ4n) is 2.22. The van der Waals surface area contributed by atoms with E-state index in [1.165, 1.54) is 5.56 Å². The predicted molar refractivity (Wildman–Crippen MR) is 69.8 cm³/mol. The highest BCUT2D eigenvalue weighted by molar-refractivity contribution is 5.58. The van der Waals surface area contributed by atoms with Gasteiger partial charge in [0.15, 0.2) is 0 Å². The molecule has 1 aromatic rings. The number of rotatable bonds is 4. The summed E-state index contributed by atoms with van der Waals surface area (Å²) in [6, 6.07) is 6.16. The molecule has 2 rings (SSSR count). The Morgan fingerprint density at radius 2 is 2.24 bits per heavy atom. The maximum absolute atomic E-state index is 5.78. The summed E-state index contributed by atoms with van der Waals surface area (Å²) in [5, 5.41) is 3.42. The standard InChI is InChI=1S/C14H21NO2/c1-10-4-7-14(16-3)13(8-10)15-9-12-6-5-11(2)17-12/h4,7-8,11-12,15H,5-6,9H2,1-3H3. The van der Waals surface area contributed by atoms with Crippen molar-refractivity contribution in [1.82, 2.24) is 0 Å². The maximum atomic E-state index is 5.78. The van der Waals surface area contributed by atoms with Crippen LogP contribution in [-0.4, -0.2) is 25.9 Å². The fraction of sp³-hybridized carbons (Fsp3) is 0.571. The molecule has 2 atom stereocenters. The summed E-state index contributed by atoms with van der Waals surface area (Å²) < 4.78 is 11.1. The van der Waals surface area contributed by atoms with Crippen LogP contribution in [0.3, 0.4) is 0 Å². The van der Waals surface area contributed by atoms with E-state index >= 15 is 0 Å². The molecule has 0 saturated carbocycles. The van der Waals surface area contributed by atoms with Gasteiger partial charge in [-0.2, -0.15) is 0 Å². The van der Waals surface area contributed by atoms with Gasteiger partial charge in [0.1, 0.15) is 5.75 Å². The van der Waals surface area contributed by atoms with E-state index in [9.17, 15) is 0 Å². The zero-order valence-corrected chi connectivity index (χ0v) is 10.8. The second-order valence-electron chi connectivity index (χ2n) is 4.73. The maximum Gasteiger partial charge on any atom is 0.141 e. The van der Waals surface area contributed by atoms with Crippen molar-refractivity contribution in [2.45, 2.75) is 38.9 Å². The van der Waals surface area contributed by atoms with Crippen molar-refractivity contribution in [1.29, 1.82) is 0 Å².